The van der Waals surface area contributed by atoms with Gasteiger partial charge in [-0.15, -0.1) is 0 Å². The number of amides is 1. The molecule has 2 aromatic rings. The molecule has 5 nitrogen and oxygen atoms in total. The summed E-state index contributed by atoms with van der Waals surface area (Å²) in [4.78, 5) is 14.5. The molecule has 1 aliphatic heterocycles. The summed E-state index contributed by atoms with van der Waals surface area (Å²) in [6.07, 6.45) is 5.77. The fourth-order valence-electron chi connectivity index (χ4n) is 3.72. The Morgan fingerprint density at radius 2 is 1.89 bits per heavy atom. The Kier molecular flexibility index (Phi) is 4.95. The highest BCUT2D eigenvalue weighted by atomic mass is 32.1. The first-order valence-electron chi connectivity index (χ1n) is 9.43. The van der Waals surface area contributed by atoms with E-state index >= 15 is 0 Å². The number of nitrogens with zero attached hydrogens (tertiary/aromatic N) is 3. The first kappa shape index (κ1) is 18.1. The third-order valence-corrected chi connectivity index (χ3v) is 5.74. The molecule has 0 unspecified atom stereocenters. The van der Waals surface area contributed by atoms with E-state index in [0.717, 1.165) is 29.8 Å². The van der Waals surface area contributed by atoms with Crippen molar-refractivity contribution in [3.05, 3.63) is 52.3 Å². The topological polar surface area (TPSA) is 53.9 Å². The van der Waals surface area contributed by atoms with Crippen molar-refractivity contribution in [3.63, 3.8) is 0 Å². The number of rotatable bonds is 4. The lowest BCUT2D eigenvalue weighted by Gasteiger charge is -2.31. The number of carbonyl (C=O) groups is 1. The number of likely N-dealkylation sites (tertiary alicyclic amines) is 1. The number of aromatic amines is 1. The quantitative estimate of drug-likeness (QED) is 0.632. The number of benzene rings is 1. The number of H-pyrrole nitrogens is 1. The highest BCUT2D eigenvalue weighted by molar-refractivity contribution is 7.71. The molecule has 2 fully saturated rings. The standard InChI is InChI=1S/C20H23FN4OS/c1-13(14-2-4-16(21)5-3-14)12-18(26)24-10-8-15(9-11-24)19-22-23-20(27)25(19)17-6-7-17/h2-5,12,15,17H,6-11H2,1H3,(H,23,27)/b13-12-. The number of piperidine rings is 1. The van der Waals surface area contributed by atoms with Crippen molar-refractivity contribution in [2.45, 2.75) is 44.6 Å². The lowest BCUT2D eigenvalue weighted by Crippen LogP contribution is -2.37. The van der Waals surface area contributed by atoms with Gasteiger partial charge >= 0.3 is 0 Å². The summed E-state index contributed by atoms with van der Waals surface area (Å²) in [6, 6.07) is 6.72. The van der Waals surface area contributed by atoms with Crippen LogP contribution in [0.25, 0.3) is 5.57 Å². The van der Waals surface area contributed by atoms with Gasteiger partial charge in [-0.05, 0) is 68.1 Å². The van der Waals surface area contributed by atoms with E-state index < -0.39 is 0 Å². The summed E-state index contributed by atoms with van der Waals surface area (Å²) in [5, 5.41) is 7.40. The number of allylic oxidation sites excluding steroid dienone is 1. The van der Waals surface area contributed by atoms with E-state index in [-0.39, 0.29) is 11.7 Å². The van der Waals surface area contributed by atoms with Crippen molar-refractivity contribution in [3.8, 4) is 0 Å². The molecule has 1 aromatic carbocycles. The Morgan fingerprint density at radius 1 is 1.22 bits per heavy atom. The summed E-state index contributed by atoms with van der Waals surface area (Å²) < 4.78 is 15.9. The molecule has 1 saturated carbocycles. The van der Waals surface area contributed by atoms with Crippen LogP contribution >= 0.6 is 12.2 Å². The molecule has 1 aromatic heterocycles. The Labute approximate surface area is 162 Å². The van der Waals surface area contributed by atoms with Gasteiger partial charge in [-0.3, -0.25) is 9.89 Å². The number of carbonyl (C=O) groups excluding carboxylic acids is 1. The van der Waals surface area contributed by atoms with Crippen molar-refractivity contribution < 1.29 is 9.18 Å². The average Bonchev–Trinajstić information content (AvgIpc) is 3.44. The maximum absolute atomic E-state index is 13.1. The molecule has 0 spiro atoms. The molecule has 7 heteroatoms. The minimum Gasteiger partial charge on any atom is -0.339 e. The minimum absolute atomic E-state index is 0.0105. The van der Waals surface area contributed by atoms with E-state index in [9.17, 15) is 9.18 Å². The summed E-state index contributed by atoms with van der Waals surface area (Å²) in [5.41, 5.74) is 1.70. The van der Waals surface area contributed by atoms with E-state index in [1.165, 1.54) is 25.0 Å². The molecule has 142 valence electrons. The normalized spacial score (nSPS) is 18.7. The van der Waals surface area contributed by atoms with Gasteiger partial charge in [0.2, 0.25) is 5.91 Å². The van der Waals surface area contributed by atoms with Gasteiger partial charge in [0.1, 0.15) is 11.6 Å². The fourth-order valence-corrected chi connectivity index (χ4v) is 4.01. The molecule has 0 bridgehead atoms. The van der Waals surface area contributed by atoms with Crippen LogP contribution in [0.15, 0.2) is 30.3 Å². The average molecular weight is 386 g/mol. The molecule has 2 aliphatic rings. The molecule has 27 heavy (non-hydrogen) atoms. The molecular weight excluding hydrogens is 363 g/mol. The number of nitrogens with one attached hydrogen (secondary N) is 1. The Hall–Kier alpha value is -2.28. The Morgan fingerprint density at radius 3 is 2.52 bits per heavy atom. The van der Waals surface area contributed by atoms with Crippen LogP contribution in [0.2, 0.25) is 0 Å². The highest BCUT2D eigenvalue weighted by Crippen LogP contribution is 2.39. The predicted octanol–water partition coefficient (Wildman–Crippen LogP) is 4.22. The van der Waals surface area contributed by atoms with Crippen molar-refractivity contribution in [2.24, 2.45) is 0 Å². The molecule has 1 N–H and O–H groups in total. The smallest absolute Gasteiger partial charge is 0.246 e. The maximum Gasteiger partial charge on any atom is 0.246 e. The lowest BCUT2D eigenvalue weighted by atomic mass is 9.95. The third-order valence-electron chi connectivity index (χ3n) is 5.46. The zero-order valence-electron chi connectivity index (χ0n) is 15.3. The van der Waals surface area contributed by atoms with Gasteiger partial charge in [0.15, 0.2) is 4.77 Å². The SMILES string of the molecule is C/C(=C/C(=O)N1CCC(c2n[nH]c(=S)n2C2CC2)CC1)c1ccc(F)cc1. The largest absolute Gasteiger partial charge is 0.339 e. The van der Waals surface area contributed by atoms with Gasteiger partial charge in [-0.1, -0.05) is 12.1 Å². The fraction of sp³-hybridized carbons (Fsp3) is 0.450. The minimum atomic E-state index is -0.274. The lowest BCUT2D eigenvalue weighted by molar-refractivity contribution is -0.127. The van der Waals surface area contributed by atoms with Crippen LogP contribution in [0, 0.1) is 10.6 Å². The van der Waals surface area contributed by atoms with Crippen LogP contribution in [-0.2, 0) is 4.79 Å². The third kappa shape index (κ3) is 3.88. The second kappa shape index (κ2) is 7.38. The zero-order chi connectivity index (χ0) is 19.0. The first-order chi connectivity index (χ1) is 13.0. The van der Waals surface area contributed by atoms with Gasteiger partial charge < -0.3 is 9.47 Å². The van der Waals surface area contributed by atoms with Gasteiger partial charge in [0, 0.05) is 31.1 Å². The molecule has 4 rings (SSSR count). The number of halogens is 1. The van der Waals surface area contributed by atoms with Gasteiger partial charge in [0.05, 0.1) is 0 Å². The molecule has 1 aliphatic carbocycles. The monoisotopic (exact) mass is 386 g/mol. The predicted molar refractivity (Wildman–Crippen MR) is 104 cm³/mol. The Balaban J connectivity index is 1.40. The van der Waals surface area contributed by atoms with Crippen molar-refractivity contribution >= 4 is 23.7 Å². The van der Waals surface area contributed by atoms with Gasteiger partial charge in [-0.2, -0.15) is 5.10 Å². The van der Waals surface area contributed by atoms with Crippen LogP contribution in [0.1, 0.15) is 56.0 Å². The molecule has 0 radical (unpaired) electrons. The molecular formula is C20H23FN4OS. The van der Waals surface area contributed by atoms with Crippen molar-refractivity contribution in [1.29, 1.82) is 0 Å². The van der Waals surface area contributed by atoms with Crippen LogP contribution in [0.5, 0.6) is 0 Å². The zero-order valence-corrected chi connectivity index (χ0v) is 16.1. The molecule has 2 heterocycles. The number of aromatic nitrogens is 3. The van der Waals surface area contributed by atoms with Crippen LogP contribution in [0.4, 0.5) is 4.39 Å². The highest BCUT2D eigenvalue weighted by Gasteiger charge is 2.32. The Bertz CT molecular complexity index is 918. The van der Waals surface area contributed by atoms with Crippen LogP contribution in [0.3, 0.4) is 0 Å². The second-order valence-corrected chi connectivity index (χ2v) is 7.81. The molecule has 0 atom stereocenters. The molecule has 1 saturated heterocycles. The van der Waals surface area contributed by atoms with E-state index in [1.54, 1.807) is 18.2 Å². The first-order valence-corrected chi connectivity index (χ1v) is 9.83. The van der Waals surface area contributed by atoms with Crippen molar-refractivity contribution in [1.82, 2.24) is 19.7 Å². The van der Waals surface area contributed by atoms with E-state index in [0.29, 0.717) is 29.8 Å². The van der Waals surface area contributed by atoms with Crippen molar-refractivity contribution in [2.75, 3.05) is 13.1 Å². The van der Waals surface area contributed by atoms with E-state index in [1.807, 2.05) is 11.8 Å². The number of hydrogen-bond acceptors (Lipinski definition) is 3. The van der Waals surface area contributed by atoms with Crippen LogP contribution < -0.4 is 0 Å². The van der Waals surface area contributed by atoms with E-state index in [2.05, 4.69) is 14.8 Å². The summed E-state index contributed by atoms with van der Waals surface area (Å²) in [5.74, 6) is 1.12. The van der Waals surface area contributed by atoms with Gasteiger partial charge in [-0.25, -0.2) is 4.39 Å². The maximum atomic E-state index is 13.1. The van der Waals surface area contributed by atoms with E-state index in [4.69, 9.17) is 12.2 Å². The summed E-state index contributed by atoms with van der Waals surface area (Å²) in [6.45, 7) is 3.30. The second-order valence-electron chi connectivity index (χ2n) is 7.42. The molecule has 1 amide bonds. The summed E-state index contributed by atoms with van der Waals surface area (Å²) in [7, 11) is 0. The van der Waals surface area contributed by atoms with Crippen LogP contribution in [-0.4, -0.2) is 38.7 Å². The number of hydrogen-bond donors (Lipinski definition) is 1. The van der Waals surface area contributed by atoms with Gasteiger partial charge in [0.25, 0.3) is 0 Å². The summed E-state index contributed by atoms with van der Waals surface area (Å²) >= 11 is 5.37.